The highest BCUT2D eigenvalue weighted by Gasteiger charge is 2.73. The van der Waals surface area contributed by atoms with Crippen molar-refractivity contribution in [2.45, 2.75) is 38.7 Å². The molecule has 1 saturated carbocycles. The summed E-state index contributed by atoms with van der Waals surface area (Å²) >= 11 is 0. The van der Waals surface area contributed by atoms with E-state index in [9.17, 15) is 5.11 Å². The summed E-state index contributed by atoms with van der Waals surface area (Å²) in [6.07, 6.45) is 0.946. The van der Waals surface area contributed by atoms with E-state index in [1.807, 2.05) is 0 Å². The minimum atomic E-state index is -0.850. The molecule has 2 aliphatic rings. The zero-order valence-corrected chi connectivity index (χ0v) is 17.4. The second-order valence-electron chi connectivity index (χ2n) is 9.26. The van der Waals surface area contributed by atoms with Gasteiger partial charge in [-0.25, -0.2) is 0 Å². The second-order valence-corrected chi connectivity index (χ2v) is 9.26. The number of rotatable bonds is 3. The van der Waals surface area contributed by atoms with E-state index >= 15 is 0 Å². The Bertz CT molecular complexity index is 1070. The predicted octanol–water partition coefficient (Wildman–Crippen LogP) is 6.56. The summed E-state index contributed by atoms with van der Waals surface area (Å²) in [5, 5.41) is 12.2. The molecule has 0 heterocycles. The minimum Gasteiger partial charge on any atom is -0.388 e. The molecule has 2 aliphatic carbocycles. The van der Waals surface area contributed by atoms with E-state index in [0.717, 1.165) is 6.42 Å². The van der Waals surface area contributed by atoms with Crippen molar-refractivity contribution in [1.29, 1.82) is 0 Å². The fourth-order valence-electron chi connectivity index (χ4n) is 6.28. The van der Waals surface area contributed by atoms with Crippen molar-refractivity contribution in [2.24, 2.45) is 10.8 Å². The van der Waals surface area contributed by atoms with Crippen molar-refractivity contribution in [3.05, 3.63) is 108 Å². The van der Waals surface area contributed by atoms with Gasteiger partial charge >= 0.3 is 0 Å². The van der Waals surface area contributed by atoms with E-state index in [4.69, 9.17) is 0 Å². The number of aliphatic hydroxyl groups is 1. The molecule has 0 spiro atoms. The molecular weight excluding hydrogens is 352 g/mol. The quantitative estimate of drug-likeness (QED) is 0.545. The summed E-state index contributed by atoms with van der Waals surface area (Å²) < 4.78 is 0. The Balaban J connectivity index is 1.85. The summed E-state index contributed by atoms with van der Waals surface area (Å²) in [4.78, 5) is 0. The first-order valence-corrected chi connectivity index (χ1v) is 10.5. The summed E-state index contributed by atoms with van der Waals surface area (Å²) in [6, 6.07) is 32.1. The van der Waals surface area contributed by atoms with Gasteiger partial charge in [0.15, 0.2) is 0 Å². The molecule has 4 unspecified atom stereocenters. The summed E-state index contributed by atoms with van der Waals surface area (Å²) in [5.74, 6) is 0.270. The molecule has 0 radical (unpaired) electrons. The number of benzene rings is 3. The van der Waals surface area contributed by atoms with Gasteiger partial charge in [-0.2, -0.15) is 0 Å². The van der Waals surface area contributed by atoms with E-state index in [-0.39, 0.29) is 16.7 Å². The van der Waals surface area contributed by atoms with E-state index in [0.29, 0.717) is 0 Å². The third kappa shape index (κ3) is 2.25. The van der Waals surface area contributed by atoms with Crippen molar-refractivity contribution in [1.82, 2.24) is 0 Å². The first-order chi connectivity index (χ1) is 13.9. The van der Waals surface area contributed by atoms with E-state index in [2.05, 4.69) is 112 Å². The Morgan fingerprint density at radius 3 is 1.62 bits per heavy atom. The third-order valence-electron chi connectivity index (χ3n) is 8.04. The van der Waals surface area contributed by atoms with Crippen LogP contribution in [0.15, 0.2) is 91.0 Å². The van der Waals surface area contributed by atoms with Gasteiger partial charge in [-0.15, -0.1) is 0 Å². The zero-order chi connectivity index (χ0) is 20.3. The van der Waals surface area contributed by atoms with Gasteiger partial charge in [0.05, 0.1) is 5.60 Å². The van der Waals surface area contributed by atoms with Gasteiger partial charge in [-0.3, -0.25) is 0 Å². The lowest BCUT2D eigenvalue weighted by molar-refractivity contribution is -0.0531. The molecular formula is C28H28O. The summed E-state index contributed by atoms with van der Waals surface area (Å²) in [5.41, 5.74) is 4.82. The SMILES string of the molecule is CC12CC(c3ccccc3)C(C)(C(c3ccccc3)=C1c1ccccc1)C2(C)O. The van der Waals surface area contributed by atoms with E-state index in [1.165, 1.54) is 27.8 Å². The molecule has 146 valence electrons. The lowest BCUT2D eigenvalue weighted by Crippen LogP contribution is -2.46. The molecule has 3 aromatic carbocycles. The molecule has 0 aromatic heterocycles. The number of hydrogen-bond acceptors (Lipinski definition) is 1. The zero-order valence-electron chi connectivity index (χ0n) is 17.4. The van der Waals surface area contributed by atoms with Crippen LogP contribution < -0.4 is 0 Å². The van der Waals surface area contributed by atoms with Gasteiger partial charge in [0, 0.05) is 10.8 Å². The van der Waals surface area contributed by atoms with Gasteiger partial charge in [-0.1, -0.05) is 105 Å². The normalized spacial score (nSPS) is 33.3. The largest absolute Gasteiger partial charge is 0.388 e. The molecule has 5 rings (SSSR count). The molecule has 1 heteroatoms. The molecule has 0 saturated heterocycles. The van der Waals surface area contributed by atoms with Crippen molar-refractivity contribution < 1.29 is 5.11 Å². The molecule has 0 amide bonds. The summed E-state index contributed by atoms with van der Waals surface area (Å²) in [6.45, 7) is 6.62. The molecule has 29 heavy (non-hydrogen) atoms. The highest BCUT2D eigenvalue weighted by atomic mass is 16.3. The van der Waals surface area contributed by atoms with Crippen molar-refractivity contribution in [3.63, 3.8) is 0 Å². The van der Waals surface area contributed by atoms with Crippen LogP contribution in [0.3, 0.4) is 0 Å². The molecule has 1 nitrogen and oxygen atoms in total. The topological polar surface area (TPSA) is 20.2 Å². The Hall–Kier alpha value is -2.64. The first kappa shape index (κ1) is 18.4. The Morgan fingerprint density at radius 1 is 0.655 bits per heavy atom. The Kier molecular flexibility index (Phi) is 3.92. The van der Waals surface area contributed by atoms with Crippen LogP contribution in [0.1, 0.15) is 49.8 Å². The molecule has 3 aromatic rings. The van der Waals surface area contributed by atoms with Gasteiger partial charge in [0.25, 0.3) is 0 Å². The lowest BCUT2D eigenvalue weighted by Gasteiger charge is -2.42. The molecule has 4 atom stereocenters. The number of hydrogen-bond donors (Lipinski definition) is 1. The maximum atomic E-state index is 12.2. The third-order valence-corrected chi connectivity index (χ3v) is 8.04. The van der Waals surface area contributed by atoms with Crippen LogP contribution in [0.4, 0.5) is 0 Å². The Labute approximate surface area is 173 Å². The molecule has 1 N–H and O–H groups in total. The fourth-order valence-corrected chi connectivity index (χ4v) is 6.28. The standard InChI is InChI=1S/C28H28O/c1-26-19-23(20-13-7-4-8-14-20)27(2,28(26,3)29)25(22-17-11-6-12-18-22)24(26)21-15-9-5-10-16-21/h4-18,23,29H,19H2,1-3H3. The molecule has 2 bridgehead atoms. The minimum absolute atomic E-state index is 0.270. The number of fused-ring (bicyclic) bond motifs is 2. The Morgan fingerprint density at radius 2 is 1.10 bits per heavy atom. The fraction of sp³-hybridized carbons (Fsp3) is 0.286. The van der Waals surface area contributed by atoms with Gasteiger partial charge in [0.2, 0.25) is 0 Å². The van der Waals surface area contributed by atoms with Crippen LogP contribution in [-0.4, -0.2) is 10.7 Å². The van der Waals surface area contributed by atoms with Crippen molar-refractivity contribution in [3.8, 4) is 0 Å². The highest BCUT2D eigenvalue weighted by Crippen LogP contribution is 2.78. The van der Waals surface area contributed by atoms with Crippen LogP contribution in [0, 0.1) is 10.8 Å². The van der Waals surface area contributed by atoms with Gasteiger partial charge in [-0.05, 0) is 47.1 Å². The predicted molar refractivity (Wildman–Crippen MR) is 120 cm³/mol. The van der Waals surface area contributed by atoms with Crippen LogP contribution in [0.2, 0.25) is 0 Å². The average Bonchev–Trinajstić information content (AvgIpc) is 3.00. The highest BCUT2D eigenvalue weighted by molar-refractivity contribution is 6.01. The second kappa shape index (κ2) is 6.18. The van der Waals surface area contributed by atoms with Crippen molar-refractivity contribution >= 4 is 11.1 Å². The van der Waals surface area contributed by atoms with Crippen LogP contribution in [0.5, 0.6) is 0 Å². The monoisotopic (exact) mass is 380 g/mol. The summed E-state index contributed by atoms with van der Waals surface area (Å²) in [7, 11) is 0. The average molecular weight is 381 g/mol. The lowest BCUT2D eigenvalue weighted by atomic mass is 9.64. The van der Waals surface area contributed by atoms with Crippen molar-refractivity contribution in [2.75, 3.05) is 0 Å². The smallest absolute Gasteiger partial charge is 0.0813 e. The van der Waals surface area contributed by atoms with Crippen LogP contribution in [-0.2, 0) is 0 Å². The van der Waals surface area contributed by atoms with Gasteiger partial charge < -0.3 is 5.11 Å². The molecule has 1 fully saturated rings. The molecule has 0 aliphatic heterocycles. The van der Waals surface area contributed by atoms with E-state index in [1.54, 1.807) is 0 Å². The van der Waals surface area contributed by atoms with Crippen LogP contribution >= 0.6 is 0 Å². The van der Waals surface area contributed by atoms with Crippen LogP contribution in [0.25, 0.3) is 11.1 Å². The maximum Gasteiger partial charge on any atom is 0.0813 e. The van der Waals surface area contributed by atoms with Gasteiger partial charge in [0.1, 0.15) is 0 Å². The maximum absolute atomic E-state index is 12.2. The first-order valence-electron chi connectivity index (χ1n) is 10.5. The van der Waals surface area contributed by atoms with E-state index < -0.39 is 5.60 Å².